The number of rotatable bonds is 3. The Morgan fingerprint density at radius 2 is 1.67 bits per heavy atom. The predicted molar refractivity (Wildman–Crippen MR) is 62.2 cm³/mol. The van der Waals surface area contributed by atoms with Crippen LogP contribution in [-0.4, -0.2) is 20.8 Å². The number of hydrogen-bond donors (Lipinski definition) is 1. The van der Waals surface area contributed by atoms with Crippen LogP contribution in [0.15, 0.2) is 18.2 Å². The SMILES string of the molecule is COc1cc(OC)cc([C@H]2CCN2)c1.Cl. The lowest BCUT2D eigenvalue weighted by atomic mass is 9.97. The Morgan fingerprint density at radius 3 is 2.00 bits per heavy atom. The van der Waals surface area contributed by atoms with Gasteiger partial charge in [0.25, 0.3) is 0 Å². The van der Waals surface area contributed by atoms with E-state index in [2.05, 4.69) is 17.4 Å². The van der Waals surface area contributed by atoms with E-state index in [0.29, 0.717) is 6.04 Å². The smallest absolute Gasteiger partial charge is 0.122 e. The third-order valence-electron chi connectivity index (χ3n) is 2.60. The number of halogens is 1. The molecule has 1 aromatic rings. The molecule has 15 heavy (non-hydrogen) atoms. The van der Waals surface area contributed by atoms with Crippen molar-refractivity contribution in [3.63, 3.8) is 0 Å². The monoisotopic (exact) mass is 229 g/mol. The number of hydrogen-bond acceptors (Lipinski definition) is 3. The lowest BCUT2D eigenvalue weighted by Crippen LogP contribution is -2.34. The minimum atomic E-state index is 0. The summed E-state index contributed by atoms with van der Waals surface area (Å²) in [6, 6.07) is 6.47. The lowest BCUT2D eigenvalue weighted by molar-refractivity contribution is 0.368. The minimum Gasteiger partial charge on any atom is -0.497 e. The van der Waals surface area contributed by atoms with Gasteiger partial charge in [-0.15, -0.1) is 12.4 Å². The molecule has 2 rings (SSSR count). The molecule has 4 heteroatoms. The molecule has 1 aromatic carbocycles. The Kier molecular flexibility index (Phi) is 4.24. The maximum atomic E-state index is 5.21. The summed E-state index contributed by atoms with van der Waals surface area (Å²) in [5.74, 6) is 1.71. The quantitative estimate of drug-likeness (QED) is 0.862. The minimum absolute atomic E-state index is 0. The van der Waals surface area contributed by atoms with Crippen LogP contribution in [-0.2, 0) is 0 Å². The van der Waals surface area contributed by atoms with Crippen molar-refractivity contribution in [1.82, 2.24) is 5.32 Å². The van der Waals surface area contributed by atoms with Crippen molar-refractivity contribution in [3.05, 3.63) is 23.8 Å². The summed E-state index contributed by atoms with van der Waals surface area (Å²) in [5, 5.41) is 3.35. The van der Waals surface area contributed by atoms with Gasteiger partial charge in [0.1, 0.15) is 11.5 Å². The molecule has 0 unspecified atom stereocenters. The molecule has 0 saturated carbocycles. The van der Waals surface area contributed by atoms with E-state index < -0.39 is 0 Å². The summed E-state index contributed by atoms with van der Waals surface area (Å²) >= 11 is 0. The van der Waals surface area contributed by atoms with Crippen molar-refractivity contribution in [2.75, 3.05) is 20.8 Å². The van der Waals surface area contributed by atoms with Gasteiger partial charge in [-0.25, -0.2) is 0 Å². The maximum absolute atomic E-state index is 5.21. The van der Waals surface area contributed by atoms with Crippen LogP contribution in [0.4, 0.5) is 0 Å². The third-order valence-corrected chi connectivity index (χ3v) is 2.60. The molecule has 3 nitrogen and oxygen atoms in total. The summed E-state index contributed by atoms with van der Waals surface area (Å²) in [4.78, 5) is 0. The molecule has 0 radical (unpaired) electrons. The van der Waals surface area contributed by atoms with Gasteiger partial charge in [-0.1, -0.05) is 0 Å². The van der Waals surface area contributed by atoms with Gasteiger partial charge in [0, 0.05) is 12.1 Å². The van der Waals surface area contributed by atoms with Gasteiger partial charge in [-0.2, -0.15) is 0 Å². The second-order valence-electron chi connectivity index (χ2n) is 3.44. The van der Waals surface area contributed by atoms with Gasteiger partial charge >= 0.3 is 0 Å². The molecular formula is C11H16ClNO2. The molecular weight excluding hydrogens is 214 g/mol. The highest BCUT2D eigenvalue weighted by atomic mass is 35.5. The molecule has 1 atom stereocenters. The van der Waals surface area contributed by atoms with Crippen molar-refractivity contribution in [1.29, 1.82) is 0 Å². The van der Waals surface area contributed by atoms with Gasteiger partial charge < -0.3 is 14.8 Å². The summed E-state index contributed by atoms with van der Waals surface area (Å²) in [7, 11) is 3.35. The third kappa shape index (κ3) is 2.55. The summed E-state index contributed by atoms with van der Waals surface area (Å²) in [6.45, 7) is 1.10. The average molecular weight is 230 g/mol. The van der Waals surface area contributed by atoms with E-state index in [1.807, 2.05) is 6.07 Å². The zero-order valence-corrected chi connectivity index (χ0v) is 9.76. The van der Waals surface area contributed by atoms with E-state index in [-0.39, 0.29) is 12.4 Å². The number of ether oxygens (including phenoxy) is 2. The van der Waals surface area contributed by atoms with E-state index in [0.717, 1.165) is 18.0 Å². The molecule has 0 aliphatic carbocycles. The standard InChI is InChI=1S/C11H15NO2.ClH/c1-13-9-5-8(11-3-4-12-11)6-10(7-9)14-2;/h5-7,11-12H,3-4H2,1-2H3;1H/t11-;/m1./s1. The molecule has 1 aliphatic rings. The molecule has 1 aliphatic heterocycles. The van der Waals surface area contributed by atoms with Crippen molar-refractivity contribution in [2.45, 2.75) is 12.5 Å². The Bertz CT molecular complexity index is 304. The Morgan fingerprint density at radius 1 is 1.13 bits per heavy atom. The molecule has 0 spiro atoms. The van der Waals surface area contributed by atoms with Crippen molar-refractivity contribution in [2.24, 2.45) is 0 Å². The Labute approximate surface area is 96.2 Å². The second-order valence-corrected chi connectivity index (χ2v) is 3.44. The van der Waals surface area contributed by atoms with Crippen LogP contribution in [0, 0.1) is 0 Å². The fourth-order valence-electron chi connectivity index (χ4n) is 1.60. The number of benzene rings is 1. The normalized spacial score (nSPS) is 18.7. The van der Waals surface area contributed by atoms with Gasteiger partial charge in [0.2, 0.25) is 0 Å². The van der Waals surface area contributed by atoms with Crippen LogP contribution in [0.3, 0.4) is 0 Å². The van der Waals surface area contributed by atoms with E-state index in [1.54, 1.807) is 14.2 Å². The van der Waals surface area contributed by atoms with Crippen molar-refractivity contribution >= 4 is 12.4 Å². The van der Waals surface area contributed by atoms with Crippen molar-refractivity contribution < 1.29 is 9.47 Å². The Balaban J connectivity index is 0.00000112. The molecule has 84 valence electrons. The molecule has 1 saturated heterocycles. The zero-order chi connectivity index (χ0) is 9.97. The molecule has 0 aromatic heterocycles. The van der Waals surface area contributed by atoms with Crippen LogP contribution < -0.4 is 14.8 Å². The average Bonchev–Trinajstić information content (AvgIpc) is 2.14. The largest absolute Gasteiger partial charge is 0.497 e. The predicted octanol–water partition coefficient (Wildman–Crippen LogP) is 2.16. The van der Waals surface area contributed by atoms with Gasteiger partial charge in [0.05, 0.1) is 14.2 Å². The molecule has 1 N–H and O–H groups in total. The summed E-state index contributed by atoms with van der Waals surface area (Å²) in [6.07, 6.45) is 1.19. The topological polar surface area (TPSA) is 30.5 Å². The molecule has 1 heterocycles. The fraction of sp³-hybridized carbons (Fsp3) is 0.455. The van der Waals surface area contributed by atoms with E-state index in [9.17, 15) is 0 Å². The zero-order valence-electron chi connectivity index (χ0n) is 8.95. The van der Waals surface area contributed by atoms with Gasteiger partial charge in [-0.3, -0.25) is 0 Å². The van der Waals surface area contributed by atoms with E-state index in [4.69, 9.17) is 9.47 Å². The lowest BCUT2D eigenvalue weighted by Gasteiger charge is -2.28. The van der Waals surface area contributed by atoms with Gasteiger partial charge in [0.15, 0.2) is 0 Å². The maximum Gasteiger partial charge on any atom is 0.122 e. The van der Waals surface area contributed by atoms with Crippen molar-refractivity contribution in [3.8, 4) is 11.5 Å². The van der Waals surface area contributed by atoms with Gasteiger partial charge in [-0.05, 0) is 30.7 Å². The van der Waals surface area contributed by atoms with Crippen LogP contribution in [0.2, 0.25) is 0 Å². The summed E-state index contributed by atoms with van der Waals surface area (Å²) in [5.41, 5.74) is 1.24. The fourth-order valence-corrected chi connectivity index (χ4v) is 1.60. The van der Waals surface area contributed by atoms with Crippen LogP contribution in [0.25, 0.3) is 0 Å². The first-order valence-corrected chi connectivity index (χ1v) is 4.80. The second kappa shape index (κ2) is 5.24. The van der Waals surface area contributed by atoms with Crippen LogP contribution >= 0.6 is 12.4 Å². The number of methoxy groups -OCH3 is 2. The highest BCUT2D eigenvalue weighted by Crippen LogP contribution is 2.30. The highest BCUT2D eigenvalue weighted by Gasteiger charge is 2.19. The van der Waals surface area contributed by atoms with Crippen LogP contribution in [0.1, 0.15) is 18.0 Å². The molecule has 0 bridgehead atoms. The van der Waals surface area contributed by atoms with E-state index >= 15 is 0 Å². The molecule has 0 amide bonds. The highest BCUT2D eigenvalue weighted by molar-refractivity contribution is 5.85. The van der Waals surface area contributed by atoms with E-state index in [1.165, 1.54) is 12.0 Å². The van der Waals surface area contributed by atoms with Crippen LogP contribution in [0.5, 0.6) is 11.5 Å². The number of nitrogens with one attached hydrogen (secondary N) is 1. The Hall–Kier alpha value is -0.930. The first-order chi connectivity index (χ1) is 6.83. The first-order valence-electron chi connectivity index (χ1n) is 4.80. The molecule has 1 fully saturated rings. The summed E-state index contributed by atoms with van der Waals surface area (Å²) < 4.78 is 10.4. The first kappa shape index (κ1) is 12.1.